The van der Waals surface area contributed by atoms with E-state index in [9.17, 15) is 4.79 Å². The first-order valence-electron chi connectivity index (χ1n) is 4.40. The highest BCUT2D eigenvalue weighted by Gasteiger charge is 2.12. The van der Waals surface area contributed by atoms with Crippen LogP contribution in [0.3, 0.4) is 0 Å². The van der Waals surface area contributed by atoms with Gasteiger partial charge in [-0.15, -0.1) is 5.10 Å². The molecule has 0 aliphatic carbocycles. The van der Waals surface area contributed by atoms with Crippen molar-refractivity contribution in [2.45, 2.75) is 9.92 Å². The SMILES string of the molecule is O=C(O)c1ccnnc1Sc1ccncc1. The second kappa shape index (κ2) is 4.71. The Morgan fingerprint density at radius 1 is 1.19 bits per heavy atom. The Morgan fingerprint density at radius 3 is 2.62 bits per heavy atom. The van der Waals surface area contributed by atoms with Crippen molar-refractivity contribution in [2.24, 2.45) is 0 Å². The number of pyridine rings is 1. The Bertz CT molecular complexity index is 504. The maximum atomic E-state index is 10.9. The van der Waals surface area contributed by atoms with Crippen molar-refractivity contribution in [2.75, 3.05) is 0 Å². The van der Waals surface area contributed by atoms with Gasteiger partial charge in [0.25, 0.3) is 0 Å². The molecule has 0 radical (unpaired) electrons. The minimum atomic E-state index is -1.01. The molecule has 2 aromatic heterocycles. The molecule has 2 aromatic rings. The van der Waals surface area contributed by atoms with E-state index in [0.29, 0.717) is 5.03 Å². The summed E-state index contributed by atoms with van der Waals surface area (Å²) in [6.45, 7) is 0. The molecule has 2 rings (SSSR count). The molecule has 1 N–H and O–H groups in total. The number of carboxylic acid groups (broad SMARTS) is 1. The summed E-state index contributed by atoms with van der Waals surface area (Å²) in [5, 5.41) is 16.8. The summed E-state index contributed by atoms with van der Waals surface area (Å²) in [7, 11) is 0. The summed E-state index contributed by atoms with van der Waals surface area (Å²) in [6.07, 6.45) is 4.64. The lowest BCUT2D eigenvalue weighted by molar-refractivity contribution is 0.0692. The molecule has 6 heteroatoms. The summed E-state index contributed by atoms with van der Waals surface area (Å²) in [6, 6.07) is 4.99. The van der Waals surface area contributed by atoms with Crippen molar-refractivity contribution in [1.82, 2.24) is 15.2 Å². The van der Waals surface area contributed by atoms with Gasteiger partial charge in [-0.05, 0) is 18.2 Å². The average molecular weight is 233 g/mol. The summed E-state index contributed by atoms with van der Waals surface area (Å²) in [5.41, 5.74) is 0.150. The highest BCUT2D eigenvalue weighted by atomic mass is 32.2. The number of carbonyl (C=O) groups is 1. The second-order valence-corrected chi connectivity index (χ2v) is 3.90. The minimum absolute atomic E-state index is 0.150. The highest BCUT2D eigenvalue weighted by molar-refractivity contribution is 7.99. The molecule has 0 fully saturated rings. The topological polar surface area (TPSA) is 76.0 Å². The maximum absolute atomic E-state index is 10.9. The third-order valence-electron chi connectivity index (χ3n) is 1.78. The van der Waals surface area contributed by atoms with Gasteiger partial charge in [-0.1, -0.05) is 11.8 Å². The lowest BCUT2D eigenvalue weighted by Gasteiger charge is -2.02. The monoisotopic (exact) mass is 233 g/mol. The van der Waals surface area contributed by atoms with Gasteiger partial charge < -0.3 is 5.11 Å². The Kier molecular flexibility index (Phi) is 3.11. The van der Waals surface area contributed by atoms with Gasteiger partial charge in [-0.3, -0.25) is 4.98 Å². The number of rotatable bonds is 3. The predicted molar refractivity (Wildman–Crippen MR) is 57.4 cm³/mol. The molecule has 0 saturated carbocycles. The zero-order valence-electron chi connectivity index (χ0n) is 8.07. The van der Waals surface area contributed by atoms with Crippen molar-refractivity contribution < 1.29 is 9.90 Å². The van der Waals surface area contributed by atoms with Crippen LogP contribution in [-0.2, 0) is 0 Å². The molecule has 0 aromatic carbocycles. The van der Waals surface area contributed by atoms with Gasteiger partial charge in [0.15, 0.2) is 0 Å². The molecule has 0 atom stereocenters. The van der Waals surface area contributed by atoms with Gasteiger partial charge in [-0.2, -0.15) is 5.10 Å². The maximum Gasteiger partial charge on any atom is 0.338 e. The molecular formula is C10H7N3O2S. The summed E-state index contributed by atoms with van der Waals surface area (Å²) < 4.78 is 0. The fourth-order valence-electron chi connectivity index (χ4n) is 1.07. The first kappa shape index (κ1) is 10.6. The van der Waals surface area contributed by atoms with Crippen molar-refractivity contribution >= 4 is 17.7 Å². The average Bonchev–Trinajstić information content (AvgIpc) is 2.31. The highest BCUT2D eigenvalue weighted by Crippen LogP contribution is 2.27. The molecule has 0 aliphatic heterocycles. The summed E-state index contributed by atoms with van der Waals surface area (Å²) in [4.78, 5) is 15.7. The van der Waals surface area contributed by atoms with Crippen molar-refractivity contribution in [3.63, 3.8) is 0 Å². The van der Waals surface area contributed by atoms with Crippen LogP contribution in [0.25, 0.3) is 0 Å². The van der Waals surface area contributed by atoms with Crippen LogP contribution in [0.5, 0.6) is 0 Å². The lowest BCUT2D eigenvalue weighted by atomic mass is 10.3. The number of hydrogen-bond donors (Lipinski definition) is 1. The number of hydrogen-bond acceptors (Lipinski definition) is 5. The van der Waals surface area contributed by atoms with Gasteiger partial charge in [0, 0.05) is 17.3 Å². The van der Waals surface area contributed by atoms with Crippen LogP contribution in [0.1, 0.15) is 10.4 Å². The van der Waals surface area contributed by atoms with E-state index in [2.05, 4.69) is 15.2 Å². The lowest BCUT2D eigenvalue weighted by Crippen LogP contribution is -2.01. The van der Waals surface area contributed by atoms with Crippen LogP contribution in [0, 0.1) is 0 Å². The number of carboxylic acids is 1. The van der Waals surface area contributed by atoms with Crippen molar-refractivity contribution in [3.05, 3.63) is 42.4 Å². The molecule has 0 spiro atoms. The fraction of sp³-hybridized carbons (Fsp3) is 0. The van der Waals surface area contributed by atoms with E-state index in [1.807, 2.05) is 0 Å². The first-order valence-corrected chi connectivity index (χ1v) is 5.22. The van der Waals surface area contributed by atoms with Gasteiger partial charge in [0.05, 0.1) is 11.8 Å². The van der Waals surface area contributed by atoms with E-state index in [4.69, 9.17) is 5.11 Å². The van der Waals surface area contributed by atoms with Gasteiger partial charge in [0.1, 0.15) is 5.03 Å². The molecule has 0 saturated heterocycles. The van der Waals surface area contributed by atoms with E-state index in [1.165, 1.54) is 24.0 Å². The third kappa shape index (κ3) is 2.34. The molecule has 0 aliphatic rings. The Morgan fingerprint density at radius 2 is 1.94 bits per heavy atom. The molecule has 80 valence electrons. The molecule has 16 heavy (non-hydrogen) atoms. The second-order valence-electron chi connectivity index (χ2n) is 2.84. The van der Waals surface area contributed by atoms with Crippen LogP contribution >= 0.6 is 11.8 Å². The van der Waals surface area contributed by atoms with Crippen LogP contribution in [0.2, 0.25) is 0 Å². The Hall–Kier alpha value is -1.95. The largest absolute Gasteiger partial charge is 0.478 e. The Labute approximate surface area is 95.6 Å². The van der Waals surface area contributed by atoms with E-state index in [0.717, 1.165) is 4.90 Å². The van der Waals surface area contributed by atoms with Crippen LogP contribution < -0.4 is 0 Å². The number of nitrogens with zero attached hydrogens (tertiary/aromatic N) is 3. The van der Waals surface area contributed by atoms with Crippen LogP contribution in [-0.4, -0.2) is 26.3 Å². The van der Waals surface area contributed by atoms with Gasteiger partial charge in [-0.25, -0.2) is 4.79 Å². The molecular weight excluding hydrogens is 226 g/mol. The molecule has 2 heterocycles. The quantitative estimate of drug-likeness (QED) is 0.869. The molecule has 0 amide bonds. The standard InChI is InChI=1S/C10H7N3O2S/c14-10(15)8-3-6-12-13-9(8)16-7-1-4-11-5-2-7/h1-6H,(H,14,15). The van der Waals surface area contributed by atoms with E-state index < -0.39 is 5.97 Å². The number of aromatic carboxylic acids is 1. The molecule has 5 nitrogen and oxygen atoms in total. The zero-order chi connectivity index (χ0) is 11.4. The summed E-state index contributed by atoms with van der Waals surface area (Å²) >= 11 is 1.25. The molecule has 0 bridgehead atoms. The fourth-order valence-corrected chi connectivity index (χ4v) is 1.91. The van der Waals surface area contributed by atoms with Crippen LogP contribution in [0.15, 0.2) is 46.7 Å². The Balaban J connectivity index is 2.31. The van der Waals surface area contributed by atoms with Crippen LogP contribution in [0.4, 0.5) is 0 Å². The number of aromatic nitrogens is 3. The predicted octanol–water partition coefficient (Wildman–Crippen LogP) is 1.72. The van der Waals surface area contributed by atoms with E-state index in [1.54, 1.807) is 24.5 Å². The third-order valence-corrected chi connectivity index (χ3v) is 2.78. The zero-order valence-corrected chi connectivity index (χ0v) is 8.89. The van der Waals surface area contributed by atoms with Crippen molar-refractivity contribution in [3.8, 4) is 0 Å². The van der Waals surface area contributed by atoms with Crippen molar-refractivity contribution in [1.29, 1.82) is 0 Å². The molecule has 0 unspecified atom stereocenters. The minimum Gasteiger partial charge on any atom is -0.478 e. The smallest absolute Gasteiger partial charge is 0.338 e. The van der Waals surface area contributed by atoms with Gasteiger partial charge >= 0.3 is 5.97 Å². The normalized spacial score (nSPS) is 10.0. The first-order chi connectivity index (χ1) is 7.77. The van der Waals surface area contributed by atoms with E-state index in [-0.39, 0.29) is 5.56 Å². The summed E-state index contributed by atoms with van der Waals surface area (Å²) in [5.74, 6) is -1.01. The van der Waals surface area contributed by atoms with E-state index >= 15 is 0 Å². The van der Waals surface area contributed by atoms with Gasteiger partial charge in [0.2, 0.25) is 0 Å².